The maximum Gasteiger partial charge on any atom is 0.0478 e. The average molecular weight is 275 g/mol. The number of hydrogen-bond acceptors (Lipinski definition) is 5. The fraction of sp³-hybridized carbons (Fsp3) is 1.00. The molecule has 0 atom stereocenters. The fourth-order valence-corrected chi connectivity index (χ4v) is 1.91. The fourth-order valence-electron chi connectivity index (χ4n) is 1.91. The lowest BCUT2D eigenvalue weighted by Crippen LogP contribution is -2.13. The minimum absolute atomic E-state index is 0.652. The van der Waals surface area contributed by atoms with E-state index >= 15 is 0 Å². The first kappa shape index (κ1) is 18.8. The van der Waals surface area contributed by atoms with E-state index in [4.69, 9.17) is 26.7 Å². The SMILES string of the molecule is NCCCOCCC(CCCN)CCOCCCN. The smallest absolute Gasteiger partial charge is 0.0478 e. The van der Waals surface area contributed by atoms with Gasteiger partial charge in [0.05, 0.1) is 0 Å². The lowest BCUT2D eigenvalue weighted by molar-refractivity contribution is 0.0933. The second kappa shape index (κ2) is 15.9. The molecule has 0 aromatic heterocycles. The third-order valence-corrected chi connectivity index (χ3v) is 3.14. The van der Waals surface area contributed by atoms with Gasteiger partial charge in [0.1, 0.15) is 0 Å². The van der Waals surface area contributed by atoms with Crippen molar-refractivity contribution in [2.45, 2.75) is 38.5 Å². The molecule has 0 heterocycles. The Morgan fingerprint density at radius 1 is 0.579 bits per heavy atom. The molecule has 0 rings (SSSR count). The highest BCUT2D eigenvalue weighted by Gasteiger charge is 2.08. The van der Waals surface area contributed by atoms with Crippen LogP contribution < -0.4 is 17.2 Å². The second-order valence-electron chi connectivity index (χ2n) is 4.88. The van der Waals surface area contributed by atoms with Crippen LogP contribution in [0.15, 0.2) is 0 Å². The third-order valence-electron chi connectivity index (χ3n) is 3.14. The monoisotopic (exact) mass is 275 g/mol. The van der Waals surface area contributed by atoms with Gasteiger partial charge in [0.15, 0.2) is 0 Å². The molecule has 116 valence electrons. The Kier molecular flexibility index (Phi) is 15.7. The Morgan fingerprint density at radius 2 is 1.05 bits per heavy atom. The van der Waals surface area contributed by atoms with E-state index in [9.17, 15) is 0 Å². The van der Waals surface area contributed by atoms with Crippen molar-refractivity contribution in [2.24, 2.45) is 23.1 Å². The Hall–Kier alpha value is -0.200. The first-order valence-electron chi connectivity index (χ1n) is 7.60. The Morgan fingerprint density at radius 3 is 1.47 bits per heavy atom. The zero-order valence-corrected chi connectivity index (χ0v) is 12.3. The van der Waals surface area contributed by atoms with E-state index in [0.29, 0.717) is 19.0 Å². The molecule has 0 aromatic carbocycles. The van der Waals surface area contributed by atoms with Crippen molar-refractivity contribution in [3.63, 3.8) is 0 Å². The van der Waals surface area contributed by atoms with Crippen molar-refractivity contribution >= 4 is 0 Å². The summed E-state index contributed by atoms with van der Waals surface area (Å²) in [6.07, 6.45) is 6.30. The molecule has 6 N–H and O–H groups in total. The largest absolute Gasteiger partial charge is 0.381 e. The zero-order chi connectivity index (χ0) is 14.2. The van der Waals surface area contributed by atoms with Crippen LogP contribution in [0.2, 0.25) is 0 Å². The van der Waals surface area contributed by atoms with Crippen molar-refractivity contribution < 1.29 is 9.47 Å². The van der Waals surface area contributed by atoms with E-state index in [2.05, 4.69) is 0 Å². The van der Waals surface area contributed by atoms with Crippen LogP contribution in [0.1, 0.15) is 38.5 Å². The minimum Gasteiger partial charge on any atom is -0.381 e. The van der Waals surface area contributed by atoms with Gasteiger partial charge >= 0.3 is 0 Å². The molecule has 19 heavy (non-hydrogen) atoms. The quantitative estimate of drug-likeness (QED) is 0.385. The molecule has 0 aliphatic heterocycles. The standard InChI is InChI=1S/C14H33N3O2/c15-7-1-4-14(5-12-18-10-2-8-16)6-13-19-11-3-9-17/h14H,1-13,15-17H2. The summed E-state index contributed by atoms with van der Waals surface area (Å²) >= 11 is 0. The predicted octanol–water partition coefficient (Wildman–Crippen LogP) is 0.853. The van der Waals surface area contributed by atoms with Gasteiger partial charge in [0, 0.05) is 26.4 Å². The number of nitrogens with two attached hydrogens (primary N) is 3. The van der Waals surface area contributed by atoms with Crippen molar-refractivity contribution in [2.75, 3.05) is 46.1 Å². The Labute approximate surface area is 118 Å². The van der Waals surface area contributed by atoms with Crippen LogP contribution in [0, 0.1) is 5.92 Å². The molecular formula is C14H33N3O2. The van der Waals surface area contributed by atoms with Crippen LogP contribution in [-0.2, 0) is 9.47 Å². The lowest BCUT2D eigenvalue weighted by Gasteiger charge is -2.16. The number of hydrogen-bond donors (Lipinski definition) is 3. The van der Waals surface area contributed by atoms with E-state index in [1.807, 2.05) is 0 Å². The normalized spacial score (nSPS) is 11.4. The van der Waals surface area contributed by atoms with Crippen LogP contribution in [-0.4, -0.2) is 46.1 Å². The average Bonchev–Trinajstić information content (AvgIpc) is 2.43. The molecular weight excluding hydrogens is 242 g/mol. The molecule has 0 bridgehead atoms. The minimum atomic E-state index is 0.652. The second-order valence-corrected chi connectivity index (χ2v) is 4.88. The van der Waals surface area contributed by atoms with Gasteiger partial charge in [-0.05, 0) is 64.1 Å². The summed E-state index contributed by atoms with van der Waals surface area (Å²) in [7, 11) is 0. The van der Waals surface area contributed by atoms with E-state index in [-0.39, 0.29) is 0 Å². The molecule has 0 aliphatic rings. The highest BCUT2D eigenvalue weighted by atomic mass is 16.5. The molecule has 0 amide bonds. The van der Waals surface area contributed by atoms with Gasteiger partial charge in [-0.2, -0.15) is 0 Å². The summed E-state index contributed by atoms with van der Waals surface area (Å²) in [5.74, 6) is 0.652. The zero-order valence-electron chi connectivity index (χ0n) is 12.3. The maximum absolute atomic E-state index is 5.58. The highest BCUT2D eigenvalue weighted by Crippen LogP contribution is 2.15. The Balaban J connectivity index is 3.57. The van der Waals surface area contributed by atoms with Gasteiger partial charge in [-0.1, -0.05) is 0 Å². The van der Waals surface area contributed by atoms with Gasteiger partial charge in [0.2, 0.25) is 0 Å². The molecule has 5 nitrogen and oxygen atoms in total. The van der Waals surface area contributed by atoms with E-state index in [1.54, 1.807) is 0 Å². The summed E-state index contributed by atoms with van der Waals surface area (Å²) in [5.41, 5.74) is 16.4. The Bertz CT molecular complexity index is 157. The van der Waals surface area contributed by atoms with Crippen molar-refractivity contribution in [1.82, 2.24) is 0 Å². The molecule has 5 heteroatoms. The molecule has 0 radical (unpaired) electrons. The van der Waals surface area contributed by atoms with Gasteiger partial charge < -0.3 is 26.7 Å². The van der Waals surface area contributed by atoms with Crippen LogP contribution >= 0.6 is 0 Å². The molecule has 0 unspecified atom stereocenters. The molecule has 0 aliphatic carbocycles. The van der Waals surface area contributed by atoms with Crippen LogP contribution in [0.25, 0.3) is 0 Å². The number of ether oxygens (including phenoxy) is 2. The van der Waals surface area contributed by atoms with Crippen LogP contribution in [0.5, 0.6) is 0 Å². The maximum atomic E-state index is 5.58. The van der Waals surface area contributed by atoms with Gasteiger partial charge in [-0.3, -0.25) is 0 Å². The first-order valence-corrected chi connectivity index (χ1v) is 7.60. The van der Waals surface area contributed by atoms with E-state index in [1.165, 1.54) is 0 Å². The molecule has 0 aromatic rings. The lowest BCUT2D eigenvalue weighted by atomic mass is 9.96. The molecule has 0 spiro atoms. The molecule has 0 saturated carbocycles. The summed E-state index contributed by atoms with van der Waals surface area (Å²) in [6, 6.07) is 0. The van der Waals surface area contributed by atoms with Crippen LogP contribution in [0.3, 0.4) is 0 Å². The summed E-state index contributed by atoms with van der Waals surface area (Å²) < 4.78 is 11.1. The summed E-state index contributed by atoms with van der Waals surface area (Å²) in [6.45, 7) is 5.34. The molecule has 0 fully saturated rings. The van der Waals surface area contributed by atoms with Gasteiger partial charge in [-0.25, -0.2) is 0 Å². The third kappa shape index (κ3) is 14.0. The van der Waals surface area contributed by atoms with Gasteiger partial charge in [0.25, 0.3) is 0 Å². The van der Waals surface area contributed by atoms with Gasteiger partial charge in [-0.15, -0.1) is 0 Å². The number of rotatable bonds is 15. The van der Waals surface area contributed by atoms with E-state index < -0.39 is 0 Å². The highest BCUT2D eigenvalue weighted by molar-refractivity contribution is 4.60. The summed E-state index contributed by atoms with van der Waals surface area (Å²) in [5, 5.41) is 0. The summed E-state index contributed by atoms with van der Waals surface area (Å²) in [4.78, 5) is 0. The topological polar surface area (TPSA) is 96.5 Å². The van der Waals surface area contributed by atoms with Crippen LogP contribution in [0.4, 0.5) is 0 Å². The van der Waals surface area contributed by atoms with Crippen molar-refractivity contribution in [3.8, 4) is 0 Å². The first-order chi connectivity index (χ1) is 9.35. The van der Waals surface area contributed by atoms with E-state index in [0.717, 1.165) is 71.5 Å². The van der Waals surface area contributed by atoms with Crippen molar-refractivity contribution in [1.29, 1.82) is 0 Å². The molecule has 0 saturated heterocycles. The predicted molar refractivity (Wildman–Crippen MR) is 80.0 cm³/mol. The van der Waals surface area contributed by atoms with Crippen molar-refractivity contribution in [3.05, 3.63) is 0 Å².